The number of anilines is 1. The smallest absolute Gasteiger partial charge is 0.413 e. The fraction of sp³-hybridized carbons (Fsp3) is 0.733. The highest BCUT2D eigenvalue weighted by atomic mass is 16.6. The summed E-state index contributed by atoms with van der Waals surface area (Å²) in [5.74, 6) is 1.26. The Hall–Kier alpha value is -1.60. The van der Waals surface area contributed by atoms with Gasteiger partial charge in [-0.1, -0.05) is 0 Å². The molecule has 124 valence electrons. The molecule has 1 aliphatic heterocycles. The zero-order valence-corrected chi connectivity index (χ0v) is 13.7. The minimum absolute atomic E-state index is 0.477. The SMILES string of the molecule is CC(C)(C)OC(=O)Nc1[nH]ncc1CNCC1CCCNC1. The van der Waals surface area contributed by atoms with Crippen molar-refractivity contribution in [3.63, 3.8) is 0 Å². The van der Waals surface area contributed by atoms with Gasteiger partial charge in [-0.25, -0.2) is 4.79 Å². The molecule has 1 fully saturated rings. The summed E-state index contributed by atoms with van der Waals surface area (Å²) in [7, 11) is 0. The van der Waals surface area contributed by atoms with Gasteiger partial charge in [0.25, 0.3) is 0 Å². The summed E-state index contributed by atoms with van der Waals surface area (Å²) in [5, 5.41) is 16.3. The van der Waals surface area contributed by atoms with E-state index in [1.165, 1.54) is 12.8 Å². The standard InChI is InChI=1S/C15H27N5O2/c1-15(2,3)22-14(21)19-13-12(10-18-20-13)9-17-8-11-5-4-6-16-7-11/h10-11,16-17H,4-9H2,1-3H3,(H2,18,19,20,21). The molecular formula is C15H27N5O2. The predicted molar refractivity (Wildman–Crippen MR) is 85.7 cm³/mol. The minimum Gasteiger partial charge on any atom is -0.444 e. The number of amides is 1. The molecule has 22 heavy (non-hydrogen) atoms. The van der Waals surface area contributed by atoms with Crippen molar-refractivity contribution >= 4 is 11.9 Å². The predicted octanol–water partition coefficient (Wildman–Crippen LogP) is 1.85. The van der Waals surface area contributed by atoms with Gasteiger partial charge in [-0.2, -0.15) is 5.10 Å². The van der Waals surface area contributed by atoms with E-state index >= 15 is 0 Å². The zero-order chi connectivity index (χ0) is 16.0. The van der Waals surface area contributed by atoms with Crippen LogP contribution in [0.2, 0.25) is 0 Å². The highest BCUT2D eigenvalue weighted by Crippen LogP contribution is 2.14. The van der Waals surface area contributed by atoms with Gasteiger partial charge in [0.1, 0.15) is 11.4 Å². The molecule has 2 heterocycles. The maximum Gasteiger partial charge on any atom is 0.413 e. The Balaban J connectivity index is 1.77. The lowest BCUT2D eigenvalue weighted by molar-refractivity contribution is 0.0635. The van der Waals surface area contributed by atoms with E-state index in [1.807, 2.05) is 20.8 Å². The molecule has 1 saturated heterocycles. The van der Waals surface area contributed by atoms with Gasteiger partial charge in [-0.05, 0) is 59.2 Å². The number of aromatic amines is 1. The minimum atomic E-state index is -0.517. The topological polar surface area (TPSA) is 91.1 Å². The van der Waals surface area contributed by atoms with Crippen LogP contribution in [0.15, 0.2) is 6.20 Å². The number of carbonyl (C=O) groups is 1. The van der Waals surface area contributed by atoms with Crippen molar-refractivity contribution in [3.05, 3.63) is 11.8 Å². The Morgan fingerprint density at radius 2 is 2.32 bits per heavy atom. The number of aromatic nitrogens is 2. The molecule has 0 aromatic carbocycles. The Morgan fingerprint density at radius 1 is 1.50 bits per heavy atom. The average Bonchev–Trinajstić information content (AvgIpc) is 2.85. The molecule has 0 spiro atoms. The van der Waals surface area contributed by atoms with Crippen molar-refractivity contribution in [1.82, 2.24) is 20.8 Å². The van der Waals surface area contributed by atoms with Gasteiger partial charge in [0.05, 0.1) is 6.20 Å². The van der Waals surface area contributed by atoms with Gasteiger partial charge < -0.3 is 15.4 Å². The fourth-order valence-electron chi connectivity index (χ4n) is 2.47. The molecule has 1 aromatic rings. The van der Waals surface area contributed by atoms with Crippen LogP contribution in [0, 0.1) is 5.92 Å². The molecule has 1 atom stereocenters. The molecule has 0 saturated carbocycles. The van der Waals surface area contributed by atoms with E-state index in [1.54, 1.807) is 6.20 Å². The number of piperidine rings is 1. The lowest BCUT2D eigenvalue weighted by Crippen LogP contribution is -2.35. The van der Waals surface area contributed by atoms with E-state index in [-0.39, 0.29) is 0 Å². The second-order valence-corrected chi connectivity index (χ2v) is 6.74. The maximum atomic E-state index is 11.8. The second kappa shape index (κ2) is 7.60. The number of hydrogen-bond donors (Lipinski definition) is 4. The van der Waals surface area contributed by atoms with Crippen LogP contribution in [0.5, 0.6) is 0 Å². The zero-order valence-electron chi connectivity index (χ0n) is 13.7. The van der Waals surface area contributed by atoms with Crippen LogP contribution in [0.4, 0.5) is 10.6 Å². The molecule has 1 unspecified atom stereocenters. The third kappa shape index (κ3) is 5.65. The molecule has 0 aliphatic carbocycles. The normalized spacial score (nSPS) is 19.0. The molecule has 7 heteroatoms. The van der Waals surface area contributed by atoms with E-state index in [2.05, 4.69) is 26.1 Å². The van der Waals surface area contributed by atoms with Crippen molar-refractivity contribution in [3.8, 4) is 0 Å². The van der Waals surface area contributed by atoms with Crippen molar-refractivity contribution in [2.45, 2.75) is 45.8 Å². The lowest BCUT2D eigenvalue weighted by atomic mass is 10.00. The third-order valence-electron chi connectivity index (χ3n) is 3.49. The first-order valence-corrected chi connectivity index (χ1v) is 7.88. The van der Waals surface area contributed by atoms with Crippen LogP contribution in [0.25, 0.3) is 0 Å². The van der Waals surface area contributed by atoms with Crippen LogP contribution in [-0.4, -0.2) is 41.5 Å². The van der Waals surface area contributed by atoms with Crippen LogP contribution in [0.1, 0.15) is 39.2 Å². The first kappa shape index (κ1) is 16.8. The first-order valence-electron chi connectivity index (χ1n) is 7.88. The molecule has 7 nitrogen and oxygen atoms in total. The number of hydrogen-bond acceptors (Lipinski definition) is 5. The van der Waals surface area contributed by atoms with Gasteiger partial charge in [-0.3, -0.25) is 10.4 Å². The van der Waals surface area contributed by atoms with E-state index in [0.29, 0.717) is 18.3 Å². The largest absolute Gasteiger partial charge is 0.444 e. The summed E-state index contributed by atoms with van der Waals surface area (Å²) in [6, 6.07) is 0. The molecular weight excluding hydrogens is 282 g/mol. The van der Waals surface area contributed by atoms with Crippen molar-refractivity contribution in [1.29, 1.82) is 0 Å². The Labute approximate surface area is 131 Å². The van der Waals surface area contributed by atoms with Crippen molar-refractivity contribution in [2.75, 3.05) is 25.0 Å². The van der Waals surface area contributed by atoms with Crippen molar-refractivity contribution in [2.24, 2.45) is 5.92 Å². The van der Waals surface area contributed by atoms with Gasteiger partial charge >= 0.3 is 6.09 Å². The summed E-state index contributed by atoms with van der Waals surface area (Å²) < 4.78 is 5.24. The molecule has 1 amide bonds. The van der Waals surface area contributed by atoms with E-state index in [4.69, 9.17) is 4.74 Å². The number of rotatable bonds is 5. The van der Waals surface area contributed by atoms with Crippen LogP contribution in [-0.2, 0) is 11.3 Å². The summed E-state index contributed by atoms with van der Waals surface area (Å²) in [6.45, 7) is 9.33. The Kier molecular flexibility index (Phi) is 5.79. The second-order valence-electron chi connectivity index (χ2n) is 6.74. The van der Waals surface area contributed by atoms with Gasteiger partial charge in [0.2, 0.25) is 0 Å². The first-order chi connectivity index (χ1) is 10.4. The number of ether oxygens (including phenoxy) is 1. The average molecular weight is 309 g/mol. The summed E-state index contributed by atoms with van der Waals surface area (Å²) in [5.41, 5.74) is 0.408. The number of nitrogens with one attached hydrogen (secondary N) is 4. The highest BCUT2D eigenvalue weighted by molar-refractivity contribution is 5.84. The molecule has 0 radical (unpaired) electrons. The van der Waals surface area contributed by atoms with Crippen LogP contribution < -0.4 is 16.0 Å². The molecule has 1 aliphatic rings. The molecule has 2 rings (SSSR count). The van der Waals surface area contributed by atoms with Crippen LogP contribution in [0.3, 0.4) is 0 Å². The monoisotopic (exact) mass is 309 g/mol. The van der Waals surface area contributed by atoms with E-state index < -0.39 is 11.7 Å². The Bertz CT molecular complexity index is 475. The maximum absolute atomic E-state index is 11.8. The third-order valence-corrected chi connectivity index (χ3v) is 3.49. The van der Waals surface area contributed by atoms with Gasteiger partial charge in [0, 0.05) is 12.1 Å². The van der Waals surface area contributed by atoms with Gasteiger partial charge in [-0.15, -0.1) is 0 Å². The summed E-state index contributed by atoms with van der Waals surface area (Å²) >= 11 is 0. The van der Waals surface area contributed by atoms with E-state index in [0.717, 1.165) is 25.2 Å². The summed E-state index contributed by atoms with van der Waals surface area (Å²) in [4.78, 5) is 11.8. The van der Waals surface area contributed by atoms with E-state index in [9.17, 15) is 4.79 Å². The highest BCUT2D eigenvalue weighted by Gasteiger charge is 2.18. The Morgan fingerprint density at radius 3 is 3.00 bits per heavy atom. The molecule has 4 N–H and O–H groups in total. The van der Waals surface area contributed by atoms with Gasteiger partial charge in [0.15, 0.2) is 0 Å². The lowest BCUT2D eigenvalue weighted by Gasteiger charge is -2.23. The number of nitrogens with zero attached hydrogens (tertiary/aromatic N) is 1. The fourth-order valence-corrected chi connectivity index (χ4v) is 2.47. The number of carbonyl (C=O) groups excluding carboxylic acids is 1. The molecule has 0 bridgehead atoms. The quantitative estimate of drug-likeness (QED) is 0.666. The van der Waals surface area contributed by atoms with Crippen molar-refractivity contribution < 1.29 is 9.53 Å². The number of H-pyrrole nitrogens is 1. The summed E-state index contributed by atoms with van der Waals surface area (Å²) in [6.07, 6.45) is 3.74. The van der Waals surface area contributed by atoms with Crippen LogP contribution >= 0.6 is 0 Å². The molecule has 1 aromatic heterocycles.